The predicted octanol–water partition coefficient (Wildman–Crippen LogP) is 4.13. The molecule has 1 N–H and O–H groups in total. The number of rotatable bonds is 6. The molecular formula is C15H20O2S. The van der Waals surface area contributed by atoms with Crippen LogP contribution in [0.4, 0.5) is 0 Å². The van der Waals surface area contributed by atoms with Crippen molar-refractivity contribution in [3.8, 4) is 0 Å². The van der Waals surface area contributed by atoms with Gasteiger partial charge in [0, 0.05) is 16.6 Å². The Morgan fingerprint density at radius 3 is 2.50 bits per heavy atom. The SMILES string of the molecule is O=C(O)CCCc1ccc(SC2CCCC2)cc1. The molecule has 1 aromatic carbocycles. The van der Waals surface area contributed by atoms with Crippen molar-refractivity contribution >= 4 is 17.7 Å². The van der Waals surface area contributed by atoms with E-state index < -0.39 is 5.97 Å². The fourth-order valence-corrected chi connectivity index (χ4v) is 3.62. The normalized spacial score (nSPS) is 16.0. The molecule has 0 amide bonds. The second-order valence-corrected chi connectivity index (χ2v) is 6.29. The minimum atomic E-state index is -0.705. The van der Waals surface area contributed by atoms with Crippen LogP contribution in [0.5, 0.6) is 0 Å². The minimum Gasteiger partial charge on any atom is -0.481 e. The predicted molar refractivity (Wildman–Crippen MR) is 75.1 cm³/mol. The zero-order valence-electron chi connectivity index (χ0n) is 10.6. The molecule has 98 valence electrons. The Hall–Kier alpha value is -0.960. The van der Waals surface area contributed by atoms with Gasteiger partial charge in [0.15, 0.2) is 0 Å². The lowest BCUT2D eigenvalue weighted by atomic mass is 10.1. The summed E-state index contributed by atoms with van der Waals surface area (Å²) in [6.07, 6.45) is 7.32. The molecule has 3 heteroatoms. The summed E-state index contributed by atoms with van der Waals surface area (Å²) in [6.45, 7) is 0. The van der Waals surface area contributed by atoms with Crippen molar-refractivity contribution in [3.63, 3.8) is 0 Å². The molecule has 0 aromatic heterocycles. The van der Waals surface area contributed by atoms with Gasteiger partial charge in [0.2, 0.25) is 0 Å². The summed E-state index contributed by atoms with van der Waals surface area (Å²) in [6, 6.07) is 8.64. The summed E-state index contributed by atoms with van der Waals surface area (Å²) < 4.78 is 0. The maximum atomic E-state index is 10.4. The van der Waals surface area contributed by atoms with Crippen molar-refractivity contribution in [1.29, 1.82) is 0 Å². The molecular weight excluding hydrogens is 244 g/mol. The Balaban J connectivity index is 1.79. The zero-order chi connectivity index (χ0) is 12.8. The monoisotopic (exact) mass is 264 g/mol. The molecule has 0 unspecified atom stereocenters. The van der Waals surface area contributed by atoms with E-state index in [4.69, 9.17) is 5.11 Å². The highest BCUT2D eigenvalue weighted by Crippen LogP contribution is 2.34. The number of carboxylic acids is 1. The lowest BCUT2D eigenvalue weighted by molar-refractivity contribution is -0.137. The molecule has 0 radical (unpaired) electrons. The van der Waals surface area contributed by atoms with E-state index in [2.05, 4.69) is 24.3 Å². The first-order valence-corrected chi connectivity index (χ1v) is 7.59. The maximum absolute atomic E-state index is 10.4. The first-order chi connectivity index (χ1) is 8.74. The number of aliphatic carboxylic acids is 1. The van der Waals surface area contributed by atoms with Crippen LogP contribution in [0.1, 0.15) is 44.1 Å². The number of carboxylic acid groups (broad SMARTS) is 1. The lowest BCUT2D eigenvalue weighted by Crippen LogP contribution is -1.96. The van der Waals surface area contributed by atoms with E-state index in [1.807, 2.05) is 11.8 Å². The number of benzene rings is 1. The van der Waals surface area contributed by atoms with Gasteiger partial charge >= 0.3 is 5.97 Å². The Bertz CT molecular complexity index is 380. The standard InChI is InChI=1S/C15H20O2S/c16-15(17)7-3-4-12-8-10-14(11-9-12)18-13-5-1-2-6-13/h8-11,13H,1-7H2,(H,16,17). The van der Waals surface area contributed by atoms with Crippen LogP contribution >= 0.6 is 11.8 Å². The van der Waals surface area contributed by atoms with Gasteiger partial charge in [-0.1, -0.05) is 25.0 Å². The number of aryl methyl sites for hydroxylation is 1. The van der Waals surface area contributed by atoms with Gasteiger partial charge in [-0.3, -0.25) is 4.79 Å². The first-order valence-electron chi connectivity index (χ1n) is 6.71. The van der Waals surface area contributed by atoms with Gasteiger partial charge in [-0.25, -0.2) is 0 Å². The van der Waals surface area contributed by atoms with Gasteiger partial charge in [-0.05, 0) is 43.4 Å². The number of carbonyl (C=O) groups is 1. The zero-order valence-corrected chi connectivity index (χ0v) is 11.4. The molecule has 0 aliphatic heterocycles. The molecule has 0 spiro atoms. The highest BCUT2D eigenvalue weighted by atomic mass is 32.2. The molecule has 1 fully saturated rings. The summed E-state index contributed by atoms with van der Waals surface area (Å²) >= 11 is 1.99. The molecule has 18 heavy (non-hydrogen) atoms. The average Bonchev–Trinajstić information content (AvgIpc) is 2.84. The van der Waals surface area contributed by atoms with E-state index in [1.54, 1.807) is 0 Å². The molecule has 0 saturated heterocycles. The maximum Gasteiger partial charge on any atom is 0.303 e. The summed E-state index contributed by atoms with van der Waals surface area (Å²) in [5, 5.41) is 9.40. The molecule has 1 aromatic rings. The van der Waals surface area contributed by atoms with Crippen molar-refractivity contribution in [2.45, 2.75) is 55.1 Å². The van der Waals surface area contributed by atoms with Crippen LogP contribution in [-0.4, -0.2) is 16.3 Å². The van der Waals surface area contributed by atoms with Crippen molar-refractivity contribution in [1.82, 2.24) is 0 Å². The molecule has 0 heterocycles. The van der Waals surface area contributed by atoms with Crippen LogP contribution in [0.25, 0.3) is 0 Å². The Morgan fingerprint density at radius 2 is 1.89 bits per heavy atom. The number of hydrogen-bond acceptors (Lipinski definition) is 2. The fraction of sp³-hybridized carbons (Fsp3) is 0.533. The van der Waals surface area contributed by atoms with E-state index in [-0.39, 0.29) is 6.42 Å². The molecule has 1 aliphatic carbocycles. The summed E-state index contributed by atoms with van der Waals surface area (Å²) in [5.74, 6) is -0.705. The Kier molecular flexibility index (Phi) is 5.12. The third-order valence-corrected chi connectivity index (χ3v) is 4.73. The van der Waals surface area contributed by atoms with Crippen molar-refractivity contribution in [3.05, 3.63) is 29.8 Å². The van der Waals surface area contributed by atoms with E-state index in [1.165, 1.54) is 36.1 Å². The van der Waals surface area contributed by atoms with Crippen molar-refractivity contribution in [2.75, 3.05) is 0 Å². The van der Waals surface area contributed by atoms with Crippen LogP contribution in [0.2, 0.25) is 0 Å². The van der Waals surface area contributed by atoms with E-state index in [9.17, 15) is 4.79 Å². The van der Waals surface area contributed by atoms with Crippen LogP contribution in [0.15, 0.2) is 29.2 Å². The van der Waals surface area contributed by atoms with Crippen LogP contribution < -0.4 is 0 Å². The van der Waals surface area contributed by atoms with Gasteiger partial charge in [0.25, 0.3) is 0 Å². The van der Waals surface area contributed by atoms with Gasteiger partial charge in [-0.2, -0.15) is 0 Å². The van der Waals surface area contributed by atoms with E-state index in [0.717, 1.165) is 18.1 Å². The highest BCUT2D eigenvalue weighted by molar-refractivity contribution is 8.00. The van der Waals surface area contributed by atoms with Gasteiger partial charge in [0.05, 0.1) is 0 Å². The first kappa shape index (κ1) is 13.5. The summed E-state index contributed by atoms with van der Waals surface area (Å²) in [5.41, 5.74) is 1.24. The highest BCUT2D eigenvalue weighted by Gasteiger charge is 2.15. The van der Waals surface area contributed by atoms with E-state index >= 15 is 0 Å². The summed E-state index contributed by atoms with van der Waals surface area (Å²) in [4.78, 5) is 11.8. The minimum absolute atomic E-state index is 0.262. The molecule has 2 rings (SSSR count). The lowest BCUT2D eigenvalue weighted by Gasteiger charge is -2.09. The van der Waals surface area contributed by atoms with Gasteiger partial charge < -0.3 is 5.11 Å². The quantitative estimate of drug-likeness (QED) is 0.839. The Labute approximate surface area is 113 Å². The second-order valence-electron chi connectivity index (χ2n) is 4.92. The average molecular weight is 264 g/mol. The molecule has 0 atom stereocenters. The molecule has 0 bridgehead atoms. The topological polar surface area (TPSA) is 37.3 Å². The number of thioether (sulfide) groups is 1. The summed E-state index contributed by atoms with van der Waals surface area (Å²) in [7, 11) is 0. The van der Waals surface area contributed by atoms with Crippen LogP contribution in [-0.2, 0) is 11.2 Å². The smallest absolute Gasteiger partial charge is 0.303 e. The van der Waals surface area contributed by atoms with Crippen LogP contribution in [0, 0.1) is 0 Å². The third-order valence-electron chi connectivity index (χ3n) is 3.38. The molecule has 1 aliphatic rings. The van der Waals surface area contributed by atoms with Crippen molar-refractivity contribution < 1.29 is 9.90 Å². The van der Waals surface area contributed by atoms with Gasteiger partial charge in [0.1, 0.15) is 0 Å². The third kappa shape index (κ3) is 4.37. The van der Waals surface area contributed by atoms with Gasteiger partial charge in [-0.15, -0.1) is 11.8 Å². The van der Waals surface area contributed by atoms with Crippen molar-refractivity contribution in [2.24, 2.45) is 0 Å². The fourth-order valence-electron chi connectivity index (χ4n) is 2.38. The molecule has 1 saturated carbocycles. The van der Waals surface area contributed by atoms with E-state index in [0.29, 0.717) is 0 Å². The largest absolute Gasteiger partial charge is 0.481 e. The van der Waals surface area contributed by atoms with Crippen LogP contribution in [0.3, 0.4) is 0 Å². The second kappa shape index (κ2) is 6.83. The Morgan fingerprint density at radius 1 is 1.22 bits per heavy atom. The molecule has 2 nitrogen and oxygen atoms in total. The number of hydrogen-bond donors (Lipinski definition) is 1.